The minimum Gasteiger partial charge on any atom is -0.496 e. The zero-order valence-electron chi connectivity index (χ0n) is 19.1. The third-order valence-corrected chi connectivity index (χ3v) is 5.78. The highest BCUT2D eigenvalue weighted by Gasteiger charge is 2.15. The summed E-state index contributed by atoms with van der Waals surface area (Å²) in [5.41, 5.74) is 2.14. The van der Waals surface area contributed by atoms with Crippen LogP contribution in [-0.4, -0.2) is 37.6 Å². The van der Waals surface area contributed by atoms with Gasteiger partial charge in [0.15, 0.2) is 18.1 Å². The Balaban J connectivity index is 1.37. The molecule has 0 spiro atoms. The first-order valence-electron chi connectivity index (χ1n) is 10.6. The Morgan fingerprint density at radius 3 is 2.23 bits per heavy atom. The molecule has 0 aliphatic heterocycles. The first-order valence-corrected chi connectivity index (χ1v) is 11.5. The number of carbonyl (C=O) groups excluding carboxylic acids is 2. The number of hydrogen-bond donors (Lipinski definition) is 2. The maximum absolute atomic E-state index is 12.7. The zero-order chi connectivity index (χ0) is 24.6. The lowest BCUT2D eigenvalue weighted by Crippen LogP contribution is -2.20. The number of ether oxygens (including phenoxy) is 3. The molecule has 0 saturated heterocycles. The van der Waals surface area contributed by atoms with Crippen molar-refractivity contribution in [3.05, 3.63) is 83.9 Å². The second-order valence-corrected chi connectivity index (χ2v) is 8.12. The number of nitrogens with zero attached hydrogens (tertiary/aromatic N) is 1. The van der Waals surface area contributed by atoms with Gasteiger partial charge in [0.25, 0.3) is 11.8 Å². The van der Waals surface area contributed by atoms with Gasteiger partial charge >= 0.3 is 0 Å². The van der Waals surface area contributed by atoms with Gasteiger partial charge in [0.1, 0.15) is 16.5 Å². The third kappa shape index (κ3) is 5.96. The lowest BCUT2D eigenvalue weighted by molar-refractivity contribution is -0.118. The molecule has 3 aromatic carbocycles. The molecule has 9 heteroatoms. The van der Waals surface area contributed by atoms with Crippen molar-refractivity contribution in [3.63, 3.8) is 0 Å². The Morgan fingerprint density at radius 2 is 1.49 bits per heavy atom. The van der Waals surface area contributed by atoms with Crippen LogP contribution in [0, 0.1) is 0 Å². The van der Waals surface area contributed by atoms with Gasteiger partial charge in [-0.15, -0.1) is 11.3 Å². The number of benzene rings is 3. The number of methoxy groups -OCH3 is 2. The normalized spacial score (nSPS) is 10.3. The molecule has 0 saturated carbocycles. The van der Waals surface area contributed by atoms with E-state index in [1.54, 1.807) is 55.0 Å². The van der Waals surface area contributed by atoms with Crippen LogP contribution in [0.1, 0.15) is 10.5 Å². The van der Waals surface area contributed by atoms with Gasteiger partial charge in [0.05, 0.1) is 19.8 Å². The lowest BCUT2D eigenvalue weighted by Gasteiger charge is -2.11. The molecule has 1 heterocycles. The first kappa shape index (κ1) is 23.8. The van der Waals surface area contributed by atoms with Crippen molar-refractivity contribution in [1.82, 2.24) is 4.98 Å². The average molecular weight is 490 g/mol. The second kappa shape index (κ2) is 11.2. The first-order chi connectivity index (χ1) is 17.1. The molecule has 0 unspecified atom stereocenters. The van der Waals surface area contributed by atoms with Crippen LogP contribution >= 0.6 is 11.3 Å². The molecule has 35 heavy (non-hydrogen) atoms. The van der Waals surface area contributed by atoms with Crippen LogP contribution in [0.15, 0.2) is 78.2 Å². The van der Waals surface area contributed by atoms with E-state index in [-0.39, 0.29) is 24.1 Å². The quantitative estimate of drug-likeness (QED) is 0.340. The lowest BCUT2D eigenvalue weighted by atomic mass is 10.2. The summed E-state index contributed by atoms with van der Waals surface area (Å²) in [6.45, 7) is -0.193. The number of carbonyl (C=O) groups is 2. The highest BCUT2D eigenvalue weighted by Crippen LogP contribution is 2.32. The van der Waals surface area contributed by atoms with E-state index >= 15 is 0 Å². The SMILES string of the molecule is COc1ccccc1OCC(=O)Nc1cccc(NC(=O)c2csc(-c3ccccc3OC)n2)c1. The molecule has 2 N–H and O–H groups in total. The van der Waals surface area contributed by atoms with Crippen LogP contribution in [0.2, 0.25) is 0 Å². The van der Waals surface area contributed by atoms with E-state index in [4.69, 9.17) is 14.2 Å². The molecule has 2 amide bonds. The highest BCUT2D eigenvalue weighted by atomic mass is 32.1. The van der Waals surface area contributed by atoms with Crippen molar-refractivity contribution < 1.29 is 23.8 Å². The van der Waals surface area contributed by atoms with E-state index < -0.39 is 0 Å². The summed E-state index contributed by atoms with van der Waals surface area (Å²) in [5.74, 6) is 1.00. The molecule has 0 radical (unpaired) electrons. The molecule has 4 aromatic rings. The van der Waals surface area contributed by atoms with Crippen molar-refractivity contribution >= 4 is 34.5 Å². The van der Waals surface area contributed by atoms with Crippen molar-refractivity contribution in [1.29, 1.82) is 0 Å². The Morgan fingerprint density at radius 1 is 0.829 bits per heavy atom. The number of nitrogens with one attached hydrogen (secondary N) is 2. The molecule has 8 nitrogen and oxygen atoms in total. The predicted octanol–water partition coefficient (Wildman–Crippen LogP) is 5.10. The van der Waals surface area contributed by atoms with Gasteiger partial charge in [-0.2, -0.15) is 0 Å². The maximum Gasteiger partial charge on any atom is 0.275 e. The van der Waals surface area contributed by atoms with Gasteiger partial charge < -0.3 is 24.8 Å². The smallest absolute Gasteiger partial charge is 0.275 e. The summed E-state index contributed by atoms with van der Waals surface area (Å²) in [7, 11) is 3.13. The van der Waals surface area contributed by atoms with Crippen LogP contribution in [0.4, 0.5) is 11.4 Å². The van der Waals surface area contributed by atoms with E-state index in [1.165, 1.54) is 18.4 Å². The summed E-state index contributed by atoms with van der Waals surface area (Å²) in [4.78, 5) is 29.5. The van der Waals surface area contributed by atoms with Crippen LogP contribution in [0.3, 0.4) is 0 Å². The number of anilines is 2. The molecule has 0 fully saturated rings. The van der Waals surface area contributed by atoms with Gasteiger partial charge in [0.2, 0.25) is 0 Å². The van der Waals surface area contributed by atoms with E-state index in [2.05, 4.69) is 15.6 Å². The van der Waals surface area contributed by atoms with Gasteiger partial charge in [-0.3, -0.25) is 9.59 Å². The van der Waals surface area contributed by atoms with Crippen molar-refractivity contribution in [3.8, 4) is 27.8 Å². The van der Waals surface area contributed by atoms with E-state index in [0.717, 1.165) is 5.56 Å². The summed E-state index contributed by atoms with van der Waals surface area (Å²) in [5, 5.41) is 7.95. The monoisotopic (exact) mass is 489 g/mol. The minimum atomic E-state index is -0.356. The topological polar surface area (TPSA) is 98.8 Å². The maximum atomic E-state index is 12.7. The molecular formula is C26H23N3O5S. The van der Waals surface area contributed by atoms with Crippen LogP contribution in [0.5, 0.6) is 17.2 Å². The van der Waals surface area contributed by atoms with Crippen LogP contribution in [0.25, 0.3) is 10.6 Å². The van der Waals surface area contributed by atoms with Gasteiger partial charge in [0, 0.05) is 16.8 Å². The molecule has 1 aromatic heterocycles. The van der Waals surface area contributed by atoms with Crippen molar-refractivity contribution in [2.24, 2.45) is 0 Å². The van der Waals surface area contributed by atoms with E-state index in [9.17, 15) is 9.59 Å². The minimum absolute atomic E-state index is 0.193. The summed E-state index contributed by atoms with van der Waals surface area (Å²) in [6.07, 6.45) is 0. The Hall–Kier alpha value is -4.37. The predicted molar refractivity (Wildman–Crippen MR) is 136 cm³/mol. The zero-order valence-corrected chi connectivity index (χ0v) is 19.9. The summed E-state index contributed by atoms with van der Waals surface area (Å²) in [6, 6.07) is 21.4. The number of thiazole rings is 1. The highest BCUT2D eigenvalue weighted by molar-refractivity contribution is 7.13. The molecule has 0 atom stereocenters. The molecule has 0 aliphatic rings. The van der Waals surface area contributed by atoms with Crippen LogP contribution < -0.4 is 24.8 Å². The number of hydrogen-bond acceptors (Lipinski definition) is 7. The van der Waals surface area contributed by atoms with Gasteiger partial charge in [-0.05, 0) is 42.5 Å². The van der Waals surface area contributed by atoms with Crippen LogP contribution in [-0.2, 0) is 4.79 Å². The fourth-order valence-corrected chi connectivity index (χ4v) is 4.10. The number of amides is 2. The van der Waals surface area contributed by atoms with Gasteiger partial charge in [-0.1, -0.05) is 30.3 Å². The molecule has 0 aliphatic carbocycles. The van der Waals surface area contributed by atoms with Crippen molar-refractivity contribution in [2.45, 2.75) is 0 Å². The van der Waals surface area contributed by atoms with Crippen molar-refractivity contribution in [2.75, 3.05) is 31.5 Å². The summed E-state index contributed by atoms with van der Waals surface area (Å²) < 4.78 is 16.1. The Labute approximate surface area is 206 Å². The number of aromatic nitrogens is 1. The summed E-state index contributed by atoms with van der Waals surface area (Å²) >= 11 is 1.36. The number of rotatable bonds is 9. The molecule has 4 rings (SSSR count). The average Bonchev–Trinajstić information content (AvgIpc) is 3.38. The molecule has 178 valence electrons. The van der Waals surface area contributed by atoms with E-state index in [0.29, 0.717) is 33.6 Å². The molecule has 0 bridgehead atoms. The number of para-hydroxylation sites is 3. The largest absolute Gasteiger partial charge is 0.496 e. The Bertz CT molecular complexity index is 1340. The standard InChI is InChI=1S/C26H23N3O5S/c1-32-21-11-4-3-10-19(21)26-29-20(16-35-26)25(31)28-18-9-7-8-17(14-18)27-24(30)15-34-23-13-6-5-12-22(23)33-2/h3-14,16H,15H2,1-2H3,(H,27,30)(H,28,31). The fraction of sp³-hybridized carbons (Fsp3) is 0.115. The Kier molecular flexibility index (Phi) is 7.59. The molecular weight excluding hydrogens is 466 g/mol. The second-order valence-electron chi connectivity index (χ2n) is 7.26. The van der Waals surface area contributed by atoms with Gasteiger partial charge in [-0.25, -0.2) is 4.98 Å². The van der Waals surface area contributed by atoms with E-state index in [1.807, 2.05) is 30.3 Å². The fourth-order valence-electron chi connectivity index (χ4n) is 3.27. The third-order valence-electron chi connectivity index (χ3n) is 4.91.